The number of benzene rings is 1. The molecular weight excluding hydrogens is 404 g/mol. The summed E-state index contributed by atoms with van der Waals surface area (Å²) in [6, 6.07) is 6.32. The molecule has 7 nitrogen and oxygen atoms in total. The minimum absolute atomic E-state index is 0.0660. The summed E-state index contributed by atoms with van der Waals surface area (Å²) in [6.45, 7) is 2.27. The van der Waals surface area contributed by atoms with Gasteiger partial charge in [0.1, 0.15) is 6.04 Å². The van der Waals surface area contributed by atoms with Gasteiger partial charge in [-0.25, -0.2) is 9.59 Å². The Morgan fingerprint density at radius 1 is 1.43 bits per heavy atom. The highest BCUT2D eigenvalue weighted by molar-refractivity contribution is 8.00. The van der Waals surface area contributed by atoms with Crippen LogP contribution in [0, 0.1) is 0 Å². The summed E-state index contributed by atoms with van der Waals surface area (Å²) < 4.78 is 4.98. The Labute approximate surface area is 173 Å². The minimum Gasteiger partial charge on any atom is -0.478 e. The first-order valence-electron chi connectivity index (χ1n) is 8.69. The number of aliphatic carboxylic acids is 1. The van der Waals surface area contributed by atoms with Crippen LogP contribution in [-0.2, 0) is 19.1 Å². The number of thioether (sulfide) groups is 1. The van der Waals surface area contributed by atoms with Gasteiger partial charge < -0.3 is 15.2 Å². The van der Waals surface area contributed by atoms with Gasteiger partial charge in [0.25, 0.3) is 0 Å². The summed E-state index contributed by atoms with van der Waals surface area (Å²) in [5.41, 5.74) is 1.30. The molecule has 1 unspecified atom stereocenters. The number of rotatable bonds is 7. The highest BCUT2D eigenvalue weighted by Crippen LogP contribution is 2.35. The molecule has 2 atom stereocenters. The molecule has 152 valence electrons. The normalized spacial score (nSPS) is 19.8. The van der Waals surface area contributed by atoms with Crippen molar-refractivity contribution in [3.05, 3.63) is 46.5 Å². The first-order chi connectivity index (χ1) is 13.3. The number of hydrogen-bond donors (Lipinski definition) is 2. The van der Waals surface area contributed by atoms with Gasteiger partial charge in [-0.15, -0.1) is 11.8 Å². The molecule has 1 aromatic rings. The summed E-state index contributed by atoms with van der Waals surface area (Å²) in [5, 5.41) is 12.3. The van der Waals surface area contributed by atoms with Gasteiger partial charge in [0.15, 0.2) is 0 Å². The maximum absolute atomic E-state index is 12.5. The summed E-state index contributed by atoms with van der Waals surface area (Å²) in [6.07, 6.45) is 1.81. The Morgan fingerprint density at radius 2 is 2.14 bits per heavy atom. The highest BCUT2D eigenvalue weighted by atomic mass is 35.5. The molecule has 2 rings (SSSR count). The molecule has 0 radical (unpaired) electrons. The van der Waals surface area contributed by atoms with Crippen molar-refractivity contribution in [3.63, 3.8) is 0 Å². The van der Waals surface area contributed by atoms with Gasteiger partial charge in [-0.1, -0.05) is 29.8 Å². The third kappa shape index (κ3) is 5.98. The van der Waals surface area contributed by atoms with Crippen molar-refractivity contribution >= 4 is 41.2 Å². The lowest BCUT2D eigenvalue weighted by Gasteiger charge is -2.38. The van der Waals surface area contributed by atoms with Crippen molar-refractivity contribution in [3.8, 4) is 0 Å². The molecule has 9 heteroatoms. The molecule has 0 aromatic heterocycles. The van der Waals surface area contributed by atoms with Crippen molar-refractivity contribution in [1.29, 1.82) is 0 Å². The Kier molecular flexibility index (Phi) is 8.35. The fourth-order valence-electron chi connectivity index (χ4n) is 3.12. The Hall–Kier alpha value is -2.03. The summed E-state index contributed by atoms with van der Waals surface area (Å²) in [4.78, 5) is 36.8. The van der Waals surface area contributed by atoms with Crippen molar-refractivity contribution in [2.75, 3.05) is 26.1 Å². The first-order valence-corrected chi connectivity index (χ1v) is 10.1. The van der Waals surface area contributed by atoms with Crippen LogP contribution >= 0.6 is 23.4 Å². The second-order valence-corrected chi connectivity index (χ2v) is 7.89. The molecule has 2 N–H and O–H groups in total. The number of carboxylic acid groups (broad SMARTS) is 1. The van der Waals surface area contributed by atoms with E-state index >= 15 is 0 Å². The fraction of sp³-hybridized carbons (Fsp3) is 0.421. The van der Waals surface area contributed by atoms with Crippen molar-refractivity contribution < 1.29 is 24.2 Å². The molecule has 28 heavy (non-hydrogen) atoms. The molecule has 1 aromatic carbocycles. The van der Waals surface area contributed by atoms with Crippen LogP contribution in [0.1, 0.15) is 24.9 Å². The number of halogens is 1. The SMILES string of the molecule is COC(=O)[C@H](c1ccccc1Cl)N1CCC(SCNC(C)=O)/C(=C\C(=O)O)C1. The number of methoxy groups -OCH3 is 1. The number of amides is 1. The largest absolute Gasteiger partial charge is 0.478 e. The van der Waals surface area contributed by atoms with E-state index in [1.165, 1.54) is 31.9 Å². The van der Waals surface area contributed by atoms with Crippen LogP contribution in [0.5, 0.6) is 0 Å². The number of piperidine rings is 1. The van der Waals surface area contributed by atoms with Crippen LogP contribution in [0.25, 0.3) is 0 Å². The number of nitrogens with one attached hydrogen (secondary N) is 1. The third-order valence-electron chi connectivity index (χ3n) is 4.38. The Morgan fingerprint density at radius 3 is 2.75 bits per heavy atom. The zero-order valence-corrected chi connectivity index (χ0v) is 17.3. The van der Waals surface area contributed by atoms with E-state index in [1.54, 1.807) is 24.3 Å². The Balaban J connectivity index is 2.25. The Bertz CT molecular complexity index is 770. The van der Waals surface area contributed by atoms with E-state index in [4.69, 9.17) is 16.3 Å². The van der Waals surface area contributed by atoms with Gasteiger partial charge in [-0.3, -0.25) is 9.69 Å². The van der Waals surface area contributed by atoms with Crippen LogP contribution in [0.3, 0.4) is 0 Å². The van der Waals surface area contributed by atoms with Gasteiger partial charge in [0.05, 0.1) is 13.0 Å². The zero-order valence-electron chi connectivity index (χ0n) is 15.7. The second-order valence-electron chi connectivity index (χ2n) is 6.30. The molecule has 0 saturated carbocycles. The van der Waals surface area contributed by atoms with E-state index in [2.05, 4.69) is 5.32 Å². The van der Waals surface area contributed by atoms with E-state index in [0.717, 1.165) is 0 Å². The van der Waals surface area contributed by atoms with Gasteiger partial charge in [0, 0.05) is 36.4 Å². The molecule has 1 aliphatic rings. The third-order valence-corrected chi connectivity index (χ3v) is 5.98. The van der Waals surface area contributed by atoms with E-state index in [9.17, 15) is 19.5 Å². The van der Waals surface area contributed by atoms with E-state index in [1.807, 2.05) is 4.90 Å². The van der Waals surface area contributed by atoms with Crippen LogP contribution in [0.2, 0.25) is 5.02 Å². The molecule has 0 bridgehead atoms. The number of carboxylic acids is 1. The van der Waals surface area contributed by atoms with Crippen LogP contribution in [-0.4, -0.2) is 59.2 Å². The lowest BCUT2D eigenvalue weighted by molar-refractivity contribution is -0.147. The molecule has 1 saturated heterocycles. The van der Waals surface area contributed by atoms with Gasteiger partial charge in [-0.05, 0) is 23.6 Å². The van der Waals surface area contributed by atoms with Crippen LogP contribution in [0.4, 0.5) is 0 Å². The highest BCUT2D eigenvalue weighted by Gasteiger charge is 2.35. The lowest BCUT2D eigenvalue weighted by atomic mass is 9.98. The fourth-order valence-corrected chi connectivity index (χ4v) is 4.47. The predicted octanol–water partition coefficient (Wildman–Crippen LogP) is 2.47. The first kappa shape index (κ1) is 22.3. The van der Waals surface area contributed by atoms with Gasteiger partial charge >= 0.3 is 11.9 Å². The zero-order chi connectivity index (χ0) is 20.7. The number of ether oxygens (including phenoxy) is 1. The second kappa shape index (κ2) is 10.5. The molecule has 1 aliphatic heterocycles. The molecule has 0 aliphatic carbocycles. The monoisotopic (exact) mass is 426 g/mol. The number of carbonyl (C=O) groups is 3. The maximum Gasteiger partial charge on any atom is 0.328 e. The summed E-state index contributed by atoms with van der Waals surface area (Å²) in [5.74, 6) is -1.25. The van der Waals surface area contributed by atoms with Crippen molar-refractivity contribution in [1.82, 2.24) is 10.2 Å². The van der Waals surface area contributed by atoms with Crippen LogP contribution in [0.15, 0.2) is 35.9 Å². The average Bonchev–Trinajstić information content (AvgIpc) is 2.64. The number of nitrogens with zero attached hydrogens (tertiary/aromatic N) is 1. The topological polar surface area (TPSA) is 95.9 Å². The van der Waals surface area contributed by atoms with Crippen molar-refractivity contribution in [2.24, 2.45) is 0 Å². The number of likely N-dealkylation sites (tertiary alicyclic amines) is 1. The summed E-state index contributed by atoms with van der Waals surface area (Å²) >= 11 is 7.77. The summed E-state index contributed by atoms with van der Waals surface area (Å²) in [7, 11) is 1.32. The number of esters is 1. The quantitative estimate of drug-likeness (QED) is 0.392. The standard InChI is InChI=1S/C19H23ClN2O5S/c1-12(23)21-11-28-16-7-8-22(10-13(16)9-17(24)25)18(19(26)27-2)14-5-3-4-6-15(14)20/h3-6,9,16,18H,7-8,10-11H2,1-2H3,(H,21,23)(H,24,25)/b13-9-/t16?,18-/m0/s1. The molecule has 1 heterocycles. The predicted molar refractivity (Wildman–Crippen MR) is 108 cm³/mol. The van der Waals surface area contributed by atoms with Crippen molar-refractivity contribution in [2.45, 2.75) is 24.6 Å². The van der Waals surface area contributed by atoms with Gasteiger partial charge in [-0.2, -0.15) is 0 Å². The van der Waals surface area contributed by atoms with E-state index < -0.39 is 18.0 Å². The maximum atomic E-state index is 12.5. The van der Waals surface area contributed by atoms with E-state index in [0.29, 0.717) is 35.0 Å². The molecular formula is C19H23ClN2O5S. The van der Waals surface area contributed by atoms with Crippen LogP contribution < -0.4 is 5.32 Å². The number of carbonyl (C=O) groups excluding carboxylic acids is 2. The lowest BCUT2D eigenvalue weighted by Crippen LogP contribution is -2.43. The molecule has 0 spiro atoms. The smallest absolute Gasteiger partial charge is 0.328 e. The minimum atomic E-state index is -1.05. The molecule has 1 amide bonds. The molecule has 1 fully saturated rings. The average molecular weight is 427 g/mol. The van der Waals surface area contributed by atoms with E-state index in [-0.39, 0.29) is 17.7 Å². The van der Waals surface area contributed by atoms with Gasteiger partial charge in [0.2, 0.25) is 5.91 Å². The number of hydrogen-bond acceptors (Lipinski definition) is 6.